The number of hydrogen-bond donors (Lipinski definition) is 3. The van der Waals surface area contributed by atoms with Gasteiger partial charge in [-0.15, -0.1) is 0 Å². The van der Waals surface area contributed by atoms with Gasteiger partial charge in [-0.05, 0) is 45.7 Å². The van der Waals surface area contributed by atoms with E-state index in [1.807, 2.05) is 0 Å². The van der Waals surface area contributed by atoms with Crippen molar-refractivity contribution in [3.8, 4) is 0 Å². The highest BCUT2D eigenvalue weighted by Gasteiger charge is 2.25. The van der Waals surface area contributed by atoms with E-state index in [2.05, 4.69) is 10.6 Å². The summed E-state index contributed by atoms with van der Waals surface area (Å²) in [5, 5.41) is 13.6. The van der Waals surface area contributed by atoms with Gasteiger partial charge < -0.3 is 20.5 Å². The van der Waals surface area contributed by atoms with E-state index in [0.29, 0.717) is 12.1 Å². The maximum atomic E-state index is 13.8. The summed E-state index contributed by atoms with van der Waals surface area (Å²) >= 11 is 0. The summed E-state index contributed by atoms with van der Waals surface area (Å²) in [6, 6.07) is -1.25. The molecule has 0 saturated carbocycles. The predicted octanol–water partition coefficient (Wildman–Crippen LogP) is 3.16. The molecule has 0 bridgehead atoms. The van der Waals surface area contributed by atoms with Gasteiger partial charge in [0.1, 0.15) is 17.5 Å². The number of amides is 2. The summed E-state index contributed by atoms with van der Waals surface area (Å²) in [7, 11) is 0. The molecular weight excluding hydrogens is 393 g/mol. The van der Waals surface area contributed by atoms with Gasteiger partial charge >= 0.3 is 12.1 Å². The van der Waals surface area contributed by atoms with Gasteiger partial charge in [-0.25, -0.2) is 18.0 Å². The van der Waals surface area contributed by atoms with Gasteiger partial charge in [-0.2, -0.15) is 0 Å². The van der Waals surface area contributed by atoms with Crippen LogP contribution < -0.4 is 10.6 Å². The number of aliphatic carboxylic acids is 1. The molecule has 7 nitrogen and oxygen atoms in total. The summed E-state index contributed by atoms with van der Waals surface area (Å²) in [4.78, 5) is 35.0. The maximum absolute atomic E-state index is 13.8. The first-order valence-corrected chi connectivity index (χ1v) is 8.43. The van der Waals surface area contributed by atoms with Gasteiger partial charge in [0.25, 0.3) is 0 Å². The van der Waals surface area contributed by atoms with Crippen molar-refractivity contribution in [1.82, 2.24) is 10.6 Å². The molecule has 0 fully saturated rings. The molecule has 1 rings (SSSR count). The average molecular weight is 420 g/mol. The lowest BCUT2D eigenvalue weighted by Crippen LogP contribution is -2.50. The van der Waals surface area contributed by atoms with Crippen molar-refractivity contribution in [3.05, 3.63) is 35.1 Å². The Balaban J connectivity index is 0.00000784. The highest BCUT2D eigenvalue weighted by Crippen LogP contribution is 2.16. The molecule has 0 radical (unpaired) electrons. The number of carboxylic acid groups (broad SMARTS) is 1. The number of carboxylic acids is 1. The fourth-order valence-corrected chi connectivity index (χ4v) is 2.25. The minimum Gasteiger partial charge on any atom is -0.481 e. The Morgan fingerprint density at radius 3 is 2.14 bits per heavy atom. The van der Waals surface area contributed by atoms with Crippen molar-refractivity contribution >= 4 is 18.0 Å². The molecule has 0 heterocycles. The fraction of sp³-hybridized carbons (Fsp3) is 0.526. The predicted molar refractivity (Wildman–Crippen MR) is 99.8 cm³/mol. The number of carbonyl (C=O) groups excluding carboxylic acids is 2. The van der Waals surface area contributed by atoms with Crippen LogP contribution >= 0.6 is 0 Å². The van der Waals surface area contributed by atoms with E-state index in [1.165, 1.54) is 6.92 Å². The van der Waals surface area contributed by atoms with Crippen molar-refractivity contribution in [1.29, 1.82) is 0 Å². The molecule has 0 aromatic heterocycles. The third-order valence-electron chi connectivity index (χ3n) is 3.45. The standard InChI is InChI=1S/C18H23F3N2O5.CH4/c1-9(22-17(27)28-18(2,3)4)16(26)23-11(7-15(24)25)5-10-6-13(20)14(21)8-12(10)19;/h6,8-9,11H,5,7H2,1-4H3,(H,22,27)(H,23,26)(H,24,25);1H4/t9?,11-;/m1./s1. The molecular formula is C19H27F3N2O5. The topological polar surface area (TPSA) is 105 Å². The summed E-state index contributed by atoms with van der Waals surface area (Å²) in [5.41, 5.74) is -1.07. The first-order chi connectivity index (χ1) is 12.8. The van der Waals surface area contributed by atoms with Gasteiger partial charge in [0, 0.05) is 12.1 Å². The summed E-state index contributed by atoms with van der Waals surface area (Å²) in [6.45, 7) is 6.25. The Kier molecular flexibility index (Phi) is 9.66. The van der Waals surface area contributed by atoms with Gasteiger partial charge in [0.2, 0.25) is 5.91 Å². The minimum absolute atomic E-state index is 0. The fourth-order valence-electron chi connectivity index (χ4n) is 2.25. The molecule has 2 amide bonds. The zero-order valence-electron chi connectivity index (χ0n) is 15.9. The Bertz CT molecular complexity index is 750. The van der Waals surface area contributed by atoms with Crippen LogP contribution in [0.2, 0.25) is 0 Å². The molecule has 1 aromatic carbocycles. The molecule has 2 atom stereocenters. The van der Waals surface area contributed by atoms with Gasteiger partial charge in [0.15, 0.2) is 11.6 Å². The van der Waals surface area contributed by atoms with Crippen LogP contribution in [0.1, 0.15) is 47.1 Å². The number of alkyl carbamates (subject to hydrolysis) is 1. The lowest BCUT2D eigenvalue weighted by Gasteiger charge is -2.23. The molecule has 164 valence electrons. The van der Waals surface area contributed by atoms with E-state index in [0.717, 1.165) is 0 Å². The molecule has 0 spiro atoms. The average Bonchev–Trinajstić information content (AvgIpc) is 2.49. The highest BCUT2D eigenvalue weighted by molar-refractivity contribution is 5.85. The van der Waals surface area contributed by atoms with Gasteiger partial charge in [0.05, 0.1) is 6.42 Å². The van der Waals surface area contributed by atoms with E-state index in [-0.39, 0.29) is 19.4 Å². The second-order valence-electron chi connectivity index (χ2n) is 7.23. The number of nitrogens with one attached hydrogen (secondary N) is 2. The van der Waals surface area contributed by atoms with Crippen molar-refractivity contribution in [2.75, 3.05) is 0 Å². The third kappa shape index (κ3) is 9.31. The molecule has 3 N–H and O–H groups in total. The molecule has 0 aliphatic heterocycles. The quantitative estimate of drug-likeness (QED) is 0.588. The lowest BCUT2D eigenvalue weighted by atomic mass is 10.0. The van der Waals surface area contributed by atoms with Crippen molar-refractivity contribution in [2.24, 2.45) is 0 Å². The number of rotatable bonds is 7. The van der Waals surface area contributed by atoms with Crippen molar-refractivity contribution in [2.45, 2.75) is 65.6 Å². The van der Waals surface area contributed by atoms with E-state index in [9.17, 15) is 27.6 Å². The normalized spacial score (nSPS) is 12.9. The maximum Gasteiger partial charge on any atom is 0.408 e. The first-order valence-electron chi connectivity index (χ1n) is 8.43. The van der Waals surface area contributed by atoms with Crippen LogP contribution in [0.25, 0.3) is 0 Å². The van der Waals surface area contributed by atoms with Gasteiger partial charge in [-0.1, -0.05) is 7.43 Å². The second kappa shape index (κ2) is 10.7. The molecule has 10 heteroatoms. The van der Waals surface area contributed by atoms with Crippen LogP contribution in [0.5, 0.6) is 0 Å². The number of benzene rings is 1. The molecule has 0 aliphatic rings. The number of halogens is 3. The Hall–Kier alpha value is -2.78. The largest absolute Gasteiger partial charge is 0.481 e. The van der Waals surface area contributed by atoms with Crippen LogP contribution in [0, 0.1) is 17.5 Å². The Morgan fingerprint density at radius 2 is 1.62 bits per heavy atom. The van der Waals surface area contributed by atoms with Crippen LogP contribution in [0.15, 0.2) is 12.1 Å². The SMILES string of the molecule is C.CC(NC(=O)OC(C)(C)C)C(=O)N[C@@H](CC(=O)O)Cc1cc(F)c(F)cc1F. The van der Waals surface area contributed by atoms with Gasteiger partial charge in [-0.3, -0.25) is 9.59 Å². The van der Waals surface area contributed by atoms with Crippen molar-refractivity contribution in [3.63, 3.8) is 0 Å². The molecule has 1 unspecified atom stereocenters. The number of carbonyl (C=O) groups is 3. The molecule has 29 heavy (non-hydrogen) atoms. The summed E-state index contributed by atoms with van der Waals surface area (Å²) in [6.07, 6.45) is -1.83. The minimum atomic E-state index is -1.38. The van der Waals surface area contributed by atoms with E-state index >= 15 is 0 Å². The van der Waals surface area contributed by atoms with Crippen LogP contribution in [-0.2, 0) is 20.7 Å². The summed E-state index contributed by atoms with van der Waals surface area (Å²) < 4.78 is 45.2. The van der Waals surface area contributed by atoms with Crippen LogP contribution in [-0.4, -0.2) is 40.8 Å². The van der Waals surface area contributed by atoms with E-state index in [1.54, 1.807) is 20.8 Å². The Morgan fingerprint density at radius 1 is 1.07 bits per heavy atom. The van der Waals surface area contributed by atoms with Crippen LogP contribution in [0.3, 0.4) is 0 Å². The third-order valence-corrected chi connectivity index (χ3v) is 3.45. The highest BCUT2D eigenvalue weighted by atomic mass is 19.2. The van der Waals surface area contributed by atoms with Crippen LogP contribution in [0.4, 0.5) is 18.0 Å². The Labute approximate surface area is 167 Å². The zero-order valence-corrected chi connectivity index (χ0v) is 15.9. The number of ether oxygens (including phenoxy) is 1. The smallest absolute Gasteiger partial charge is 0.408 e. The first kappa shape index (κ1) is 26.2. The molecule has 1 aromatic rings. The van der Waals surface area contributed by atoms with Crippen molar-refractivity contribution < 1.29 is 37.4 Å². The monoisotopic (exact) mass is 420 g/mol. The second-order valence-corrected chi connectivity index (χ2v) is 7.23. The zero-order chi connectivity index (χ0) is 21.6. The summed E-state index contributed by atoms with van der Waals surface area (Å²) in [5.74, 6) is -5.78. The lowest BCUT2D eigenvalue weighted by molar-refractivity contribution is -0.137. The molecule has 0 saturated heterocycles. The van der Waals surface area contributed by atoms with E-state index in [4.69, 9.17) is 9.84 Å². The molecule has 0 aliphatic carbocycles. The van der Waals surface area contributed by atoms with E-state index < -0.39 is 59.5 Å². The number of hydrogen-bond acceptors (Lipinski definition) is 4.